The minimum Gasteiger partial charge on any atom is -0.342 e. The largest absolute Gasteiger partial charge is 0.342 e. The van der Waals surface area contributed by atoms with E-state index in [9.17, 15) is 18.4 Å². The van der Waals surface area contributed by atoms with Crippen LogP contribution in [0.15, 0.2) is 23.1 Å². The summed E-state index contributed by atoms with van der Waals surface area (Å²) in [6, 6.07) is 1.24. The number of fused-ring (bicyclic) bond motifs is 1. The number of amides is 3. The summed E-state index contributed by atoms with van der Waals surface area (Å²) in [6.07, 6.45) is 7.66. The minimum atomic E-state index is -2.70. The van der Waals surface area contributed by atoms with E-state index in [4.69, 9.17) is 4.98 Å². The molecule has 1 spiro atoms. The van der Waals surface area contributed by atoms with Crippen LogP contribution in [0.1, 0.15) is 90.9 Å². The molecule has 3 amide bonds. The normalized spacial score (nSPS) is 23.7. The van der Waals surface area contributed by atoms with Crippen molar-refractivity contribution in [3.05, 3.63) is 41.1 Å². The number of imidazole rings is 1. The highest BCUT2D eigenvalue weighted by atomic mass is 19.3. The zero-order valence-corrected chi connectivity index (χ0v) is 21.6. The molecule has 4 aliphatic rings. The van der Waals surface area contributed by atoms with E-state index in [-0.39, 0.29) is 54.9 Å². The van der Waals surface area contributed by atoms with Crippen LogP contribution in [0.5, 0.6) is 0 Å². The lowest BCUT2D eigenvalue weighted by molar-refractivity contribution is -0.0495. The number of aryl methyl sites for hydroxylation is 1. The Balaban J connectivity index is 1.20. The van der Waals surface area contributed by atoms with Crippen molar-refractivity contribution in [3.63, 3.8) is 0 Å². The van der Waals surface area contributed by atoms with Gasteiger partial charge in [0.1, 0.15) is 5.69 Å². The zero-order valence-electron chi connectivity index (χ0n) is 21.6. The summed E-state index contributed by atoms with van der Waals surface area (Å²) < 4.78 is 34.2. The van der Waals surface area contributed by atoms with Crippen LogP contribution in [0, 0.1) is 18.8 Å². The van der Waals surface area contributed by atoms with Crippen LogP contribution in [-0.4, -0.2) is 59.8 Å². The van der Waals surface area contributed by atoms with E-state index in [1.54, 1.807) is 23.8 Å². The number of aromatic nitrogens is 5. The lowest BCUT2D eigenvalue weighted by Crippen LogP contribution is -2.37. The van der Waals surface area contributed by atoms with E-state index in [0.717, 1.165) is 31.2 Å². The smallest absolute Gasteiger partial charge is 0.318 e. The number of carbonyl (C=O) groups is 2. The Morgan fingerprint density at radius 3 is 2.56 bits per heavy atom. The molecule has 11 nitrogen and oxygen atoms in total. The number of halogens is 2. The number of rotatable bonds is 7. The van der Waals surface area contributed by atoms with Crippen LogP contribution in [-0.2, 0) is 0 Å². The molecule has 2 atom stereocenters. The number of carbonyl (C=O) groups excluding carboxylic acids is 2. The number of urea groups is 1. The average molecular weight is 541 g/mol. The van der Waals surface area contributed by atoms with Gasteiger partial charge in [-0.2, -0.15) is 5.10 Å². The highest BCUT2D eigenvalue weighted by Gasteiger charge is 2.54. The van der Waals surface area contributed by atoms with Gasteiger partial charge in [0.25, 0.3) is 5.91 Å². The van der Waals surface area contributed by atoms with Gasteiger partial charge in [-0.25, -0.2) is 27.7 Å². The quantitative estimate of drug-likeness (QED) is 0.467. The predicted octanol–water partition coefficient (Wildman–Crippen LogP) is 3.73. The third kappa shape index (κ3) is 4.51. The second-order valence-electron chi connectivity index (χ2n) is 11.7. The third-order valence-electron chi connectivity index (χ3n) is 8.77. The summed E-state index contributed by atoms with van der Waals surface area (Å²) >= 11 is 0. The van der Waals surface area contributed by atoms with Gasteiger partial charge >= 0.3 is 6.03 Å². The highest BCUT2D eigenvalue weighted by Crippen LogP contribution is 2.49. The van der Waals surface area contributed by atoms with Crippen molar-refractivity contribution in [1.29, 1.82) is 0 Å². The van der Waals surface area contributed by atoms with Crippen molar-refractivity contribution < 1.29 is 23.0 Å². The zero-order chi connectivity index (χ0) is 26.9. The second-order valence-corrected chi connectivity index (χ2v) is 11.7. The van der Waals surface area contributed by atoms with Crippen molar-refractivity contribution in [2.45, 2.75) is 81.8 Å². The number of hydrogen-bond acceptors (Lipinski definition) is 7. The first-order chi connectivity index (χ1) is 18.7. The van der Waals surface area contributed by atoms with E-state index >= 15 is 0 Å². The second kappa shape index (κ2) is 8.68. The van der Waals surface area contributed by atoms with Gasteiger partial charge in [-0.1, -0.05) is 5.16 Å². The lowest BCUT2D eigenvalue weighted by atomic mass is 9.81. The first-order valence-electron chi connectivity index (χ1n) is 13.6. The van der Waals surface area contributed by atoms with Crippen LogP contribution in [0.4, 0.5) is 13.6 Å². The molecule has 3 aromatic heterocycles. The summed E-state index contributed by atoms with van der Waals surface area (Å²) in [6.45, 7) is 2.31. The fourth-order valence-electron chi connectivity index (χ4n) is 6.21. The SMILES string of the molecule is Cc1nonc1C(=O)N[C@H](c1cn2ncc(C(C3CC3)N3CC4(CC4)NC3=O)cc2n1)C1CCC(F)(F)CC1. The van der Waals surface area contributed by atoms with Gasteiger partial charge < -0.3 is 15.5 Å². The lowest BCUT2D eigenvalue weighted by Gasteiger charge is -2.33. The molecule has 13 heteroatoms. The van der Waals surface area contributed by atoms with Crippen molar-refractivity contribution in [1.82, 2.24) is 40.4 Å². The van der Waals surface area contributed by atoms with Crippen LogP contribution in [0.2, 0.25) is 0 Å². The molecule has 4 fully saturated rings. The molecule has 1 aliphatic heterocycles. The van der Waals surface area contributed by atoms with E-state index in [2.05, 4.69) is 30.7 Å². The number of nitrogens with zero attached hydrogens (tertiary/aromatic N) is 6. The van der Waals surface area contributed by atoms with E-state index < -0.39 is 17.9 Å². The molecule has 0 bridgehead atoms. The average Bonchev–Trinajstić information content (AvgIpc) is 3.75. The van der Waals surface area contributed by atoms with Crippen molar-refractivity contribution >= 4 is 17.6 Å². The summed E-state index contributed by atoms with van der Waals surface area (Å²) in [5.41, 5.74) is 2.37. The molecule has 3 aliphatic carbocycles. The molecule has 4 heterocycles. The number of hydrogen-bond donors (Lipinski definition) is 2. The third-order valence-corrected chi connectivity index (χ3v) is 8.77. The van der Waals surface area contributed by atoms with Gasteiger partial charge in [0.15, 0.2) is 11.3 Å². The van der Waals surface area contributed by atoms with Crippen LogP contribution < -0.4 is 10.6 Å². The first-order valence-corrected chi connectivity index (χ1v) is 13.6. The molecule has 206 valence electrons. The molecule has 0 radical (unpaired) electrons. The van der Waals surface area contributed by atoms with Gasteiger partial charge in [-0.15, -0.1) is 0 Å². The molecular weight excluding hydrogens is 510 g/mol. The Morgan fingerprint density at radius 1 is 1.15 bits per heavy atom. The molecule has 39 heavy (non-hydrogen) atoms. The summed E-state index contributed by atoms with van der Waals surface area (Å²) in [4.78, 5) is 32.6. The maximum Gasteiger partial charge on any atom is 0.318 e. The van der Waals surface area contributed by atoms with E-state index in [1.807, 2.05) is 11.0 Å². The van der Waals surface area contributed by atoms with Gasteiger partial charge in [0, 0.05) is 19.4 Å². The molecule has 1 unspecified atom stereocenters. The monoisotopic (exact) mass is 540 g/mol. The van der Waals surface area contributed by atoms with Crippen molar-refractivity contribution in [2.75, 3.05) is 6.54 Å². The van der Waals surface area contributed by atoms with E-state index in [0.29, 0.717) is 29.5 Å². The Kier molecular flexibility index (Phi) is 5.43. The Hall–Kier alpha value is -3.64. The van der Waals surface area contributed by atoms with Crippen molar-refractivity contribution in [3.8, 4) is 0 Å². The highest BCUT2D eigenvalue weighted by molar-refractivity contribution is 5.93. The van der Waals surface area contributed by atoms with Gasteiger partial charge in [-0.3, -0.25) is 4.79 Å². The van der Waals surface area contributed by atoms with Crippen LogP contribution in [0.3, 0.4) is 0 Å². The maximum absolute atomic E-state index is 14.0. The summed E-state index contributed by atoms with van der Waals surface area (Å²) in [7, 11) is 0. The Bertz CT molecular complexity index is 1440. The topological polar surface area (TPSA) is 131 Å². The molecule has 2 N–H and O–H groups in total. The molecule has 0 aromatic carbocycles. The fraction of sp³-hybridized carbons (Fsp3) is 0.615. The maximum atomic E-state index is 14.0. The van der Waals surface area contributed by atoms with Crippen LogP contribution >= 0.6 is 0 Å². The van der Waals surface area contributed by atoms with Gasteiger partial charge in [-0.05, 0) is 74.1 Å². The molecule has 7 rings (SSSR count). The molecule has 3 saturated carbocycles. The predicted molar refractivity (Wildman–Crippen MR) is 132 cm³/mol. The molecule has 1 saturated heterocycles. The van der Waals surface area contributed by atoms with Gasteiger partial charge in [0.05, 0.1) is 35.7 Å². The minimum absolute atomic E-state index is 0.0252. The van der Waals surface area contributed by atoms with Crippen molar-refractivity contribution in [2.24, 2.45) is 11.8 Å². The standard InChI is InChI=1S/C26H30F2N8O3/c1-14-20(34-39-33-14)23(37)31-21(15-4-6-26(27,28)7-5-15)18-12-36-19(30-18)10-17(11-29-36)22(16-2-3-16)35-13-25(8-9-25)32-24(35)38/h10-12,15-16,21-22H,2-9,13H2,1H3,(H,31,37)(H,32,38)/t21-,22?/m0/s1. The summed E-state index contributed by atoms with van der Waals surface area (Å²) in [5, 5.41) is 18.1. The van der Waals surface area contributed by atoms with Gasteiger partial charge in [0.2, 0.25) is 5.92 Å². The summed E-state index contributed by atoms with van der Waals surface area (Å²) in [5.74, 6) is -3.05. The molecule has 3 aromatic rings. The first kappa shape index (κ1) is 24.4. The Labute approximate surface area is 222 Å². The number of nitrogens with one attached hydrogen (secondary N) is 2. The van der Waals surface area contributed by atoms with Crippen LogP contribution in [0.25, 0.3) is 5.65 Å². The number of alkyl halides is 2. The van der Waals surface area contributed by atoms with E-state index in [1.165, 1.54) is 0 Å². The molecular formula is C26H30F2N8O3. The Morgan fingerprint density at radius 2 is 1.92 bits per heavy atom. The fourth-order valence-corrected chi connectivity index (χ4v) is 6.21.